The van der Waals surface area contributed by atoms with Gasteiger partial charge >= 0.3 is 5.97 Å². The molecule has 5 nitrogen and oxygen atoms in total. The topological polar surface area (TPSA) is 58.6 Å². The molecule has 0 aromatic carbocycles. The second kappa shape index (κ2) is 11.0. The zero-order valence-corrected chi connectivity index (χ0v) is 11.8. The van der Waals surface area contributed by atoms with Gasteiger partial charge in [-0.25, -0.2) is 0 Å². The van der Waals surface area contributed by atoms with E-state index in [1.807, 2.05) is 13.8 Å². The van der Waals surface area contributed by atoms with Gasteiger partial charge in [0.15, 0.2) is 0 Å². The molecular formula is C13H26N2O3. The second-order valence-corrected chi connectivity index (χ2v) is 4.16. The Hall–Kier alpha value is -1.10. The highest BCUT2D eigenvalue weighted by atomic mass is 16.5. The molecule has 0 bridgehead atoms. The summed E-state index contributed by atoms with van der Waals surface area (Å²) in [6.45, 7) is 6.52. The molecule has 0 fully saturated rings. The predicted molar refractivity (Wildman–Crippen MR) is 71.3 cm³/mol. The van der Waals surface area contributed by atoms with Crippen LogP contribution in [-0.4, -0.2) is 50.1 Å². The van der Waals surface area contributed by atoms with Crippen LogP contribution >= 0.6 is 0 Å². The zero-order chi connectivity index (χ0) is 13.8. The van der Waals surface area contributed by atoms with Crippen molar-refractivity contribution < 1.29 is 14.3 Å². The lowest BCUT2D eigenvalue weighted by Gasteiger charge is -2.18. The van der Waals surface area contributed by atoms with E-state index in [0.29, 0.717) is 19.6 Å². The van der Waals surface area contributed by atoms with Gasteiger partial charge < -0.3 is 10.1 Å². The molecule has 0 aliphatic heterocycles. The number of carbonyl (C=O) groups is 2. The molecule has 0 heterocycles. The average Bonchev–Trinajstić information content (AvgIpc) is 2.36. The summed E-state index contributed by atoms with van der Waals surface area (Å²) in [6.07, 6.45) is 3.35. The SMILES string of the molecule is CCOC(=O)CCCCCN(CC)CC(=O)NC. The van der Waals surface area contributed by atoms with E-state index in [-0.39, 0.29) is 11.9 Å². The van der Waals surface area contributed by atoms with Crippen LogP contribution in [0.4, 0.5) is 0 Å². The molecule has 0 saturated heterocycles. The second-order valence-electron chi connectivity index (χ2n) is 4.16. The van der Waals surface area contributed by atoms with E-state index in [4.69, 9.17) is 4.74 Å². The Labute approximate surface area is 110 Å². The molecular weight excluding hydrogens is 232 g/mol. The van der Waals surface area contributed by atoms with Crippen LogP contribution in [0.1, 0.15) is 39.5 Å². The number of esters is 1. The minimum atomic E-state index is -0.116. The molecule has 0 aromatic rings. The first-order valence-electron chi connectivity index (χ1n) is 6.72. The number of likely N-dealkylation sites (N-methyl/N-ethyl adjacent to an activating group) is 2. The first kappa shape index (κ1) is 16.9. The van der Waals surface area contributed by atoms with Crippen molar-refractivity contribution in [3.8, 4) is 0 Å². The Morgan fingerprint density at radius 1 is 1.17 bits per heavy atom. The minimum Gasteiger partial charge on any atom is -0.466 e. The van der Waals surface area contributed by atoms with E-state index < -0.39 is 0 Å². The van der Waals surface area contributed by atoms with Crippen molar-refractivity contribution in [1.82, 2.24) is 10.2 Å². The smallest absolute Gasteiger partial charge is 0.305 e. The highest BCUT2D eigenvalue weighted by Crippen LogP contribution is 2.03. The minimum absolute atomic E-state index is 0.0448. The first-order chi connectivity index (χ1) is 8.63. The van der Waals surface area contributed by atoms with E-state index in [1.165, 1.54) is 0 Å². The van der Waals surface area contributed by atoms with E-state index in [2.05, 4.69) is 10.2 Å². The summed E-state index contributed by atoms with van der Waals surface area (Å²) in [6, 6.07) is 0. The molecule has 1 N–H and O–H groups in total. The van der Waals surface area contributed by atoms with Crippen LogP contribution in [0.2, 0.25) is 0 Å². The molecule has 0 aromatic heterocycles. The highest BCUT2D eigenvalue weighted by molar-refractivity contribution is 5.77. The van der Waals surface area contributed by atoms with Gasteiger partial charge in [-0.1, -0.05) is 13.3 Å². The van der Waals surface area contributed by atoms with Crippen molar-refractivity contribution in [1.29, 1.82) is 0 Å². The molecule has 0 aliphatic carbocycles. The lowest BCUT2D eigenvalue weighted by molar-refractivity contribution is -0.143. The molecule has 0 spiro atoms. The van der Waals surface area contributed by atoms with Gasteiger partial charge in [-0.3, -0.25) is 14.5 Å². The van der Waals surface area contributed by atoms with Gasteiger partial charge in [-0.05, 0) is 32.9 Å². The third-order valence-electron chi connectivity index (χ3n) is 2.75. The van der Waals surface area contributed by atoms with E-state index in [9.17, 15) is 9.59 Å². The summed E-state index contributed by atoms with van der Waals surface area (Å²) in [5.74, 6) is -0.0708. The monoisotopic (exact) mass is 258 g/mol. The molecule has 0 atom stereocenters. The number of nitrogens with zero attached hydrogens (tertiary/aromatic N) is 1. The summed E-state index contributed by atoms with van der Waals surface area (Å²) < 4.78 is 4.86. The highest BCUT2D eigenvalue weighted by Gasteiger charge is 2.07. The number of hydrogen-bond acceptors (Lipinski definition) is 4. The van der Waals surface area contributed by atoms with Crippen molar-refractivity contribution in [3.05, 3.63) is 0 Å². The van der Waals surface area contributed by atoms with Gasteiger partial charge in [0.05, 0.1) is 13.2 Å². The average molecular weight is 258 g/mol. The Morgan fingerprint density at radius 3 is 2.44 bits per heavy atom. The van der Waals surface area contributed by atoms with Crippen LogP contribution in [-0.2, 0) is 14.3 Å². The number of unbranched alkanes of at least 4 members (excludes halogenated alkanes) is 2. The summed E-state index contributed by atoms with van der Waals surface area (Å²) >= 11 is 0. The fourth-order valence-corrected chi connectivity index (χ4v) is 1.65. The van der Waals surface area contributed by atoms with Crippen molar-refractivity contribution in [2.45, 2.75) is 39.5 Å². The summed E-state index contributed by atoms with van der Waals surface area (Å²) in [5.41, 5.74) is 0. The summed E-state index contributed by atoms with van der Waals surface area (Å²) in [4.78, 5) is 24.4. The third kappa shape index (κ3) is 8.98. The number of hydrogen-bond donors (Lipinski definition) is 1. The molecule has 106 valence electrons. The number of carbonyl (C=O) groups excluding carboxylic acids is 2. The van der Waals surface area contributed by atoms with Crippen LogP contribution in [0, 0.1) is 0 Å². The lowest BCUT2D eigenvalue weighted by atomic mass is 10.2. The standard InChI is InChI=1S/C13H26N2O3/c1-4-15(11-12(16)14-3)10-8-6-7-9-13(17)18-5-2/h4-11H2,1-3H3,(H,14,16). The molecule has 5 heteroatoms. The van der Waals surface area contributed by atoms with Gasteiger partial charge in [-0.15, -0.1) is 0 Å². The van der Waals surface area contributed by atoms with Crippen LogP contribution < -0.4 is 5.32 Å². The number of rotatable bonds is 10. The van der Waals surface area contributed by atoms with Crippen LogP contribution in [0.15, 0.2) is 0 Å². The maximum atomic E-state index is 11.2. The van der Waals surface area contributed by atoms with E-state index in [1.54, 1.807) is 7.05 Å². The van der Waals surface area contributed by atoms with Crippen LogP contribution in [0.25, 0.3) is 0 Å². The maximum absolute atomic E-state index is 11.2. The number of nitrogens with one attached hydrogen (secondary N) is 1. The van der Waals surface area contributed by atoms with Gasteiger partial charge in [0, 0.05) is 13.5 Å². The van der Waals surface area contributed by atoms with Crippen LogP contribution in [0.5, 0.6) is 0 Å². The third-order valence-corrected chi connectivity index (χ3v) is 2.75. The molecule has 0 aliphatic rings. The van der Waals surface area contributed by atoms with Crippen molar-refractivity contribution in [3.63, 3.8) is 0 Å². The lowest BCUT2D eigenvalue weighted by Crippen LogP contribution is -2.36. The maximum Gasteiger partial charge on any atom is 0.305 e. The van der Waals surface area contributed by atoms with Crippen molar-refractivity contribution >= 4 is 11.9 Å². The molecule has 0 unspecified atom stereocenters. The quantitative estimate of drug-likeness (QED) is 0.472. The zero-order valence-electron chi connectivity index (χ0n) is 11.8. The van der Waals surface area contributed by atoms with E-state index >= 15 is 0 Å². The van der Waals surface area contributed by atoms with Gasteiger partial charge in [0.25, 0.3) is 0 Å². The molecule has 18 heavy (non-hydrogen) atoms. The van der Waals surface area contributed by atoms with Gasteiger partial charge in [0.2, 0.25) is 5.91 Å². The predicted octanol–water partition coefficient (Wildman–Crippen LogP) is 1.18. The summed E-state index contributed by atoms with van der Waals surface area (Å²) in [5, 5.41) is 2.62. The molecule has 1 amide bonds. The Kier molecular flexibility index (Phi) is 10.3. The number of ether oxygens (including phenoxy) is 1. The number of amides is 1. The van der Waals surface area contributed by atoms with Crippen molar-refractivity contribution in [2.75, 3.05) is 33.3 Å². The van der Waals surface area contributed by atoms with Crippen LogP contribution in [0.3, 0.4) is 0 Å². The fraction of sp³-hybridized carbons (Fsp3) is 0.846. The molecule has 0 radical (unpaired) electrons. The molecule has 0 saturated carbocycles. The van der Waals surface area contributed by atoms with Gasteiger partial charge in [0.1, 0.15) is 0 Å². The van der Waals surface area contributed by atoms with E-state index in [0.717, 1.165) is 32.4 Å². The Balaban J connectivity index is 3.56. The molecule has 0 rings (SSSR count). The van der Waals surface area contributed by atoms with Gasteiger partial charge in [-0.2, -0.15) is 0 Å². The first-order valence-corrected chi connectivity index (χ1v) is 6.72. The normalized spacial score (nSPS) is 10.4. The summed E-state index contributed by atoms with van der Waals surface area (Å²) in [7, 11) is 1.65. The Bertz CT molecular complexity index is 244. The largest absolute Gasteiger partial charge is 0.466 e. The fourth-order valence-electron chi connectivity index (χ4n) is 1.65. The van der Waals surface area contributed by atoms with Crippen molar-refractivity contribution in [2.24, 2.45) is 0 Å². The Morgan fingerprint density at radius 2 is 1.89 bits per heavy atom.